The molecular formula is C35H35BrClN3O6S. The van der Waals surface area contributed by atoms with Crippen molar-refractivity contribution in [2.75, 3.05) is 34.4 Å². The molecule has 0 saturated heterocycles. The molecular weight excluding hydrogens is 706 g/mol. The van der Waals surface area contributed by atoms with Gasteiger partial charge in [-0.1, -0.05) is 41.1 Å². The number of aromatic nitrogens is 1. The number of fused-ring (bicyclic) bond motifs is 1. The van der Waals surface area contributed by atoms with Crippen molar-refractivity contribution < 1.29 is 23.7 Å². The van der Waals surface area contributed by atoms with Crippen LogP contribution < -0.4 is 33.8 Å². The molecule has 9 nitrogen and oxygen atoms in total. The molecule has 0 bridgehead atoms. The van der Waals surface area contributed by atoms with Gasteiger partial charge in [0.2, 0.25) is 0 Å². The second kappa shape index (κ2) is 14.8. The highest BCUT2D eigenvalue weighted by molar-refractivity contribution is 9.10. The van der Waals surface area contributed by atoms with E-state index in [9.17, 15) is 9.59 Å². The lowest BCUT2D eigenvalue weighted by Crippen LogP contribution is -2.43. The number of carbonyl (C=O) groups excluding carboxylic acids is 1. The highest BCUT2D eigenvalue weighted by Crippen LogP contribution is 2.39. The van der Waals surface area contributed by atoms with Gasteiger partial charge < -0.3 is 23.8 Å². The summed E-state index contributed by atoms with van der Waals surface area (Å²) >= 11 is 11.2. The van der Waals surface area contributed by atoms with Crippen molar-refractivity contribution in [3.8, 4) is 23.0 Å². The SMILES string of the molecule is CCN(CC)C(=O)C1=C(C)N=c2s/c(=C/c3cc(Br)c(OCc4ccccc4Cl)c(OC)c3)c(=O)n2[C@@H]1c1cc(OC)ccc1OC. The lowest BCUT2D eigenvalue weighted by molar-refractivity contribution is -0.127. The number of hydrogen-bond acceptors (Lipinski definition) is 8. The predicted molar refractivity (Wildman–Crippen MR) is 188 cm³/mol. The standard InChI is InChI=1S/C35H35BrClN3O6S/c1-7-39(8-2)34(42)30-20(3)38-35-40(31(30)24-18-23(43-4)13-14-27(24)44-5)33(41)29(47-35)17-21-15-25(36)32(28(16-21)45-6)46-19-22-11-9-10-12-26(22)37/h9-18,31H,7-8,19H2,1-6H3/b29-17+/t31-/m1/s1. The first-order chi connectivity index (χ1) is 22.6. The fourth-order valence-electron chi connectivity index (χ4n) is 5.50. The molecule has 0 saturated carbocycles. The molecule has 0 spiro atoms. The number of allylic oxidation sites excluding steroid dienone is 1. The predicted octanol–water partition coefficient (Wildman–Crippen LogP) is 6.12. The van der Waals surface area contributed by atoms with Crippen LogP contribution in [-0.2, 0) is 11.4 Å². The summed E-state index contributed by atoms with van der Waals surface area (Å²) in [6.45, 7) is 6.91. The van der Waals surface area contributed by atoms with E-state index in [4.69, 9.17) is 35.5 Å². The van der Waals surface area contributed by atoms with Crippen molar-refractivity contribution in [3.63, 3.8) is 0 Å². The lowest BCUT2D eigenvalue weighted by Gasteiger charge is -2.30. The van der Waals surface area contributed by atoms with Gasteiger partial charge in [-0.2, -0.15) is 0 Å². The van der Waals surface area contributed by atoms with E-state index >= 15 is 0 Å². The minimum atomic E-state index is -0.798. The van der Waals surface area contributed by atoms with Gasteiger partial charge in [0.1, 0.15) is 24.1 Å². The van der Waals surface area contributed by atoms with Crippen LogP contribution >= 0.6 is 38.9 Å². The average molecular weight is 741 g/mol. The molecule has 2 heterocycles. The van der Waals surface area contributed by atoms with Crippen LogP contribution in [0.2, 0.25) is 5.02 Å². The Bertz CT molecular complexity index is 2040. The Labute approximate surface area is 290 Å². The van der Waals surface area contributed by atoms with E-state index in [2.05, 4.69) is 15.9 Å². The zero-order chi connectivity index (χ0) is 33.8. The van der Waals surface area contributed by atoms with Crippen LogP contribution in [0, 0.1) is 0 Å². The van der Waals surface area contributed by atoms with Crippen molar-refractivity contribution >= 4 is 50.9 Å². The zero-order valence-corrected chi connectivity index (χ0v) is 30.1. The maximum atomic E-state index is 14.3. The second-order valence-electron chi connectivity index (χ2n) is 10.6. The van der Waals surface area contributed by atoms with Crippen LogP contribution in [0.4, 0.5) is 0 Å². The molecule has 0 unspecified atom stereocenters. The van der Waals surface area contributed by atoms with Crippen molar-refractivity contribution in [2.24, 2.45) is 4.99 Å². The summed E-state index contributed by atoms with van der Waals surface area (Å²) in [5.74, 6) is 1.88. The quantitative estimate of drug-likeness (QED) is 0.184. The molecule has 3 aromatic carbocycles. The van der Waals surface area contributed by atoms with Gasteiger partial charge in [-0.25, -0.2) is 4.99 Å². The average Bonchev–Trinajstić information content (AvgIpc) is 3.37. The largest absolute Gasteiger partial charge is 0.497 e. The highest BCUT2D eigenvalue weighted by Gasteiger charge is 2.36. The van der Waals surface area contributed by atoms with E-state index < -0.39 is 6.04 Å². The molecule has 1 aromatic heterocycles. The fraction of sp³-hybridized carbons (Fsp3) is 0.286. The number of methoxy groups -OCH3 is 3. The Morgan fingerprint density at radius 1 is 1.04 bits per heavy atom. The highest BCUT2D eigenvalue weighted by atomic mass is 79.9. The van der Waals surface area contributed by atoms with E-state index in [1.165, 1.54) is 11.3 Å². The number of likely N-dealkylation sites (N-methyl/N-ethyl adjacent to an activating group) is 1. The molecule has 12 heteroatoms. The van der Waals surface area contributed by atoms with Gasteiger partial charge in [-0.15, -0.1) is 0 Å². The third-order valence-electron chi connectivity index (χ3n) is 7.91. The molecule has 1 atom stereocenters. The summed E-state index contributed by atoms with van der Waals surface area (Å²) in [5.41, 5.74) is 2.81. The number of nitrogens with zero attached hydrogens (tertiary/aromatic N) is 3. The van der Waals surface area contributed by atoms with Crippen molar-refractivity contribution in [3.05, 3.63) is 112 Å². The van der Waals surface area contributed by atoms with Gasteiger partial charge in [-0.05, 0) is 84.7 Å². The number of hydrogen-bond donors (Lipinski definition) is 0. The summed E-state index contributed by atoms with van der Waals surface area (Å²) in [6, 6.07) is 15.7. The number of carbonyl (C=O) groups is 1. The molecule has 1 aliphatic rings. The van der Waals surface area contributed by atoms with Crippen LogP contribution in [-0.4, -0.2) is 49.8 Å². The second-order valence-corrected chi connectivity index (χ2v) is 12.9. The summed E-state index contributed by atoms with van der Waals surface area (Å²) in [5, 5.41) is 0.608. The molecule has 5 rings (SSSR count). The van der Waals surface area contributed by atoms with Crippen LogP contribution in [0.1, 0.15) is 43.5 Å². The molecule has 47 heavy (non-hydrogen) atoms. The molecule has 0 radical (unpaired) electrons. The molecule has 0 fully saturated rings. The smallest absolute Gasteiger partial charge is 0.271 e. The third kappa shape index (κ3) is 6.83. The maximum absolute atomic E-state index is 14.3. The van der Waals surface area contributed by atoms with E-state index in [1.54, 1.807) is 68.1 Å². The topological polar surface area (TPSA) is 91.6 Å². The first kappa shape index (κ1) is 34.3. The molecule has 4 aromatic rings. The Morgan fingerprint density at radius 2 is 1.77 bits per heavy atom. The minimum absolute atomic E-state index is 0.193. The Balaban J connectivity index is 1.65. The van der Waals surface area contributed by atoms with Gasteiger partial charge >= 0.3 is 0 Å². The first-order valence-electron chi connectivity index (χ1n) is 14.9. The number of halogens is 2. The van der Waals surface area contributed by atoms with Crippen molar-refractivity contribution in [1.82, 2.24) is 9.47 Å². The maximum Gasteiger partial charge on any atom is 0.271 e. The number of thiazole rings is 1. The monoisotopic (exact) mass is 739 g/mol. The van der Waals surface area contributed by atoms with Crippen LogP contribution in [0.25, 0.3) is 6.08 Å². The molecule has 0 N–H and O–H groups in total. The number of amides is 1. The Kier molecular flexibility index (Phi) is 10.8. The number of rotatable bonds is 11. The summed E-state index contributed by atoms with van der Waals surface area (Å²) in [6.07, 6.45) is 1.78. The summed E-state index contributed by atoms with van der Waals surface area (Å²) in [7, 11) is 4.69. The molecule has 1 amide bonds. The third-order valence-corrected chi connectivity index (χ3v) is 9.85. The van der Waals surface area contributed by atoms with Gasteiger partial charge in [-0.3, -0.25) is 14.2 Å². The Morgan fingerprint density at radius 3 is 2.43 bits per heavy atom. The van der Waals surface area contributed by atoms with E-state index in [-0.39, 0.29) is 18.1 Å². The molecule has 1 aliphatic heterocycles. The minimum Gasteiger partial charge on any atom is -0.497 e. The van der Waals surface area contributed by atoms with Gasteiger partial charge in [0.05, 0.1) is 41.6 Å². The van der Waals surface area contributed by atoms with Crippen molar-refractivity contribution in [1.29, 1.82) is 0 Å². The van der Waals surface area contributed by atoms with Gasteiger partial charge in [0.15, 0.2) is 16.3 Å². The van der Waals surface area contributed by atoms with E-state index in [0.717, 1.165) is 5.56 Å². The molecule has 0 aliphatic carbocycles. The summed E-state index contributed by atoms with van der Waals surface area (Å²) in [4.78, 5) is 35.3. The number of ether oxygens (including phenoxy) is 4. The fourth-order valence-corrected chi connectivity index (χ4v) is 7.31. The first-order valence-corrected chi connectivity index (χ1v) is 16.9. The van der Waals surface area contributed by atoms with Crippen molar-refractivity contribution in [2.45, 2.75) is 33.4 Å². The van der Waals surface area contributed by atoms with E-state index in [0.29, 0.717) is 77.3 Å². The summed E-state index contributed by atoms with van der Waals surface area (Å²) < 4.78 is 25.7. The van der Waals surface area contributed by atoms with E-state index in [1.807, 2.05) is 44.2 Å². The van der Waals surface area contributed by atoms with Gasteiger partial charge in [0, 0.05) is 29.2 Å². The van der Waals surface area contributed by atoms with Crippen LogP contribution in [0.15, 0.2) is 80.1 Å². The Hall–Kier alpha value is -4.06. The molecule has 246 valence electrons. The van der Waals surface area contributed by atoms with Gasteiger partial charge in [0.25, 0.3) is 11.5 Å². The van der Waals surface area contributed by atoms with Crippen LogP contribution in [0.3, 0.4) is 0 Å². The normalized spacial score (nSPS) is 14.4. The number of benzene rings is 3. The lowest BCUT2D eigenvalue weighted by atomic mass is 9.93. The van der Waals surface area contributed by atoms with Crippen LogP contribution in [0.5, 0.6) is 23.0 Å². The zero-order valence-electron chi connectivity index (χ0n) is 26.9.